The molecule has 2 aromatic heterocycles. The van der Waals surface area contributed by atoms with Gasteiger partial charge in [-0.25, -0.2) is 0 Å². The highest BCUT2D eigenvalue weighted by Gasteiger charge is 2.26. The van der Waals surface area contributed by atoms with Crippen molar-refractivity contribution in [3.05, 3.63) is 66.0 Å². The van der Waals surface area contributed by atoms with Crippen LogP contribution in [0.2, 0.25) is 0 Å². The molecule has 0 aliphatic carbocycles. The molecule has 0 saturated carbocycles. The molecule has 1 aliphatic heterocycles. The molecule has 102 valence electrons. The first kappa shape index (κ1) is 12.9. The highest BCUT2D eigenvalue weighted by molar-refractivity contribution is 6.05. The molecule has 20 heavy (non-hydrogen) atoms. The quantitative estimate of drug-likeness (QED) is 0.819. The highest BCUT2D eigenvalue weighted by atomic mass is 16.3. The van der Waals surface area contributed by atoms with Crippen LogP contribution >= 0.6 is 0 Å². The fourth-order valence-corrected chi connectivity index (χ4v) is 2.68. The van der Waals surface area contributed by atoms with Gasteiger partial charge in [0, 0.05) is 36.5 Å². The van der Waals surface area contributed by atoms with Gasteiger partial charge in [0.05, 0.1) is 12.0 Å². The van der Waals surface area contributed by atoms with Gasteiger partial charge in [-0.15, -0.1) is 0 Å². The second-order valence-corrected chi connectivity index (χ2v) is 5.05. The van der Waals surface area contributed by atoms with Crippen LogP contribution in [0.3, 0.4) is 0 Å². The van der Waals surface area contributed by atoms with E-state index in [9.17, 15) is 0 Å². The average Bonchev–Trinajstić information content (AvgIpc) is 3.12. The number of nitrogens with zero attached hydrogens (tertiary/aromatic N) is 2. The first-order valence-electron chi connectivity index (χ1n) is 7.08. The second-order valence-electron chi connectivity index (χ2n) is 5.05. The maximum absolute atomic E-state index is 5.51. The van der Waals surface area contributed by atoms with Gasteiger partial charge in [-0.05, 0) is 30.2 Å². The van der Waals surface area contributed by atoms with E-state index >= 15 is 0 Å². The lowest BCUT2D eigenvalue weighted by atomic mass is 9.87. The van der Waals surface area contributed by atoms with E-state index in [0.29, 0.717) is 5.92 Å². The number of hydrogen-bond donors (Lipinski definition) is 0. The standard InChI is InChI=1S/C17H18N2O/c1-2-5-13-12-19-17(14-6-3-8-18-11-14)16(13)10-15-7-4-9-20-15/h3-4,6-9,11-12,16H,2,5,10H2,1H3. The van der Waals surface area contributed by atoms with Gasteiger partial charge in [-0.3, -0.25) is 9.98 Å². The molecular weight excluding hydrogens is 248 g/mol. The molecule has 0 radical (unpaired) electrons. The van der Waals surface area contributed by atoms with Crippen molar-refractivity contribution in [2.24, 2.45) is 10.9 Å². The first-order chi connectivity index (χ1) is 9.88. The minimum atomic E-state index is 0.310. The Morgan fingerprint density at radius 2 is 2.20 bits per heavy atom. The summed E-state index contributed by atoms with van der Waals surface area (Å²) in [6, 6.07) is 8.00. The molecule has 0 bridgehead atoms. The zero-order valence-corrected chi connectivity index (χ0v) is 11.6. The summed E-state index contributed by atoms with van der Waals surface area (Å²) >= 11 is 0. The van der Waals surface area contributed by atoms with E-state index in [0.717, 1.165) is 36.3 Å². The van der Waals surface area contributed by atoms with Gasteiger partial charge >= 0.3 is 0 Å². The van der Waals surface area contributed by atoms with Crippen LogP contribution < -0.4 is 0 Å². The Hall–Kier alpha value is -2.16. The molecule has 0 fully saturated rings. The van der Waals surface area contributed by atoms with Crippen LogP contribution in [0.4, 0.5) is 0 Å². The summed E-state index contributed by atoms with van der Waals surface area (Å²) in [6.45, 7) is 2.20. The summed E-state index contributed by atoms with van der Waals surface area (Å²) in [5.41, 5.74) is 3.60. The molecule has 1 atom stereocenters. The second kappa shape index (κ2) is 5.87. The molecule has 0 amide bonds. The smallest absolute Gasteiger partial charge is 0.104 e. The van der Waals surface area contributed by atoms with Crippen molar-refractivity contribution in [2.45, 2.75) is 26.2 Å². The monoisotopic (exact) mass is 266 g/mol. The van der Waals surface area contributed by atoms with E-state index in [-0.39, 0.29) is 0 Å². The van der Waals surface area contributed by atoms with E-state index in [1.165, 1.54) is 5.57 Å². The molecular formula is C17H18N2O. The molecule has 3 heterocycles. The Morgan fingerprint density at radius 1 is 1.25 bits per heavy atom. The SMILES string of the molecule is CCCC1=CN=C(c2cccnc2)C1Cc1ccco1. The Kier molecular flexibility index (Phi) is 3.77. The third-order valence-corrected chi connectivity index (χ3v) is 3.63. The van der Waals surface area contributed by atoms with E-state index in [4.69, 9.17) is 4.42 Å². The zero-order valence-electron chi connectivity index (χ0n) is 11.6. The Labute approximate surface area is 119 Å². The maximum Gasteiger partial charge on any atom is 0.104 e. The normalized spacial score (nSPS) is 17.9. The summed E-state index contributed by atoms with van der Waals surface area (Å²) in [5.74, 6) is 1.32. The number of rotatable bonds is 5. The van der Waals surface area contributed by atoms with Gasteiger partial charge < -0.3 is 4.42 Å². The predicted octanol–water partition coefficient (Wildman–Crippen LogP) is 4.02. The molecule has 0 spiro atoms. The molecule has 0 aromatic carbocycles. The van der Waals surface area contributed by atoms with E-state index in [2.05, 4.69) is 23.0 Å². The fraction of sp³-hybridized carbons (Fsp3) is 0.294. The number of furan rings is 1. The third-order valence-electron chi connectivity index (χ3n) is 3.63. The van der Waals surface area contributed by atoms with Crippen molar-refractivity contribution < 1.29 is 4.42 Å². The molecule has 1 aliphatic rings. The van der Waals surface area contributed by atoms with Crippen LogP contribution in [0.25, 0.3) is 0 Å². The lowest BCUT2D eigenvalue weighted by molar-refractivity contribution is 0.494. The molecule has 3 rings (SSSR count). The van der Waals surface area contributed by atoms with Crippen LogP contribution in [0.1, 0.15) is 31.1 Å². The average molecular weight is 266 g/mol. The van der Waals surface area contributed by atoms with Crippen molar-refractivity contribution in [1.82, 2.24) is 4.98 Å². The first-order valence-corrected chi connectivity index (χ1v) is 7.08. The maximum atomic E-state index is 5.51. The summed E-state index contributed by atoms with van der Waals surface area (Å²) in [4.78, 5) is 8.85. The summed E-state index contributed by atoms with van der Waals surface area (Å²) in [6.07, 6.45) is 10.5. The summed E-state index contributed by atoms with van der Waals surface area (Å²) in [7, 11) is 0. The van der Waals surface area contributed by atoms with E-state index < -0.39 is 0 Å². The van der Waals surface area contributed by atoms with Crippen molar-refractivity contribution in [2.75, 3.05) is 0 Å². The lowest BCUT2D eigenvalue weighted by Crippen LogP contribution is -2.17. The minimum Gasteiger partial charge on any atom is -0.469 e. The Balaban J connectivity index is 1.87. The van der Waals surface area contributed by atoms with Crippen molar-refractivity contribution in [3.8, 4) is 0 Å². The number of pyridine rings is 1. The van der Waals surface area contributed by atoms with Crippen LogP contribution in [0.15, 0.2) is 64.1 Å². The predicted molar refractivity (Wildman–Crippen MR) is 79.7 cm³/mol. The number of aliphatic imine (C=N–C) groups is 1. The fourth-order valence-electron chi connectivity index (χ4n) is 2.68. The van der Waals surface area contributed by atoms with Gasteiger partial charge in [0.2, 0.25) is 0 Å². The number of aromatic nitrogens is 1. The minimum absolute atomic E-state index is 0.310. The van der Waals surface area contributed by atoms with Crippen molar-refractivity contribution in [3.63, 3.8) is 0 Å². The number of hydrogen-bond acceptors (Lipinski definition) is 3. The van der Waals surface area contributed by atoms with E-state index in [1.807, 2.05) is 30.6 Å². The van der Waals surface area contributed by atoms with E-state index in [1.54, 1.807) is 12.5 Å². The molecule has 2 aromatic rings. The number of allylic oxidation sites excluding steroid dienone is 1. The Morgan fingerprint density at radius 3 is 2.90 bits per heavy atom. The third kappa shape index (κ3) is 2.57. The van der Waals surface area contributed by atoms with Gasteiger partial charge in [-0.1, -0.05) is 19.4 Å². The lowest BCUT2D eigenvalue weighted by Gasteiger charge is -2.16. The van der Waals surface area contributed by atoms with Gasteiger partial charge in [0.25, 0.3) is 0 Å². The molecule has 3 nitrogen and oxygen atoms in total. The largest absolute Gasteiger partial charge is 0.469 e. The van der Waals surface area contributed by atoms with Crippen molar-refractivity contribution >= 4 is 5.71 Å². The van der Waals surface area contributed by atoms with Crippen molar-refractivity contribution in [1.29, 1.82) is 0 Å². The van der Waals surface area contributed by atoms with Crippen LogP contribution in [0, 0.1) is 5.92 Å². The molecule has 3 heteroatoms. The summed E-state index contributed by atoms with van der Waals surface area (Å²) < 4.78 is 5.51. The van der Waals surface area contributed by atoms with Crippen LogP contribution in [-0.2, 0) is 6.42 Å². The molecule has 0 saturated heterocycles. The van der Waals surface area contributed by atoms with Crippen LogP contribution in [-0.4, -0.2) is 10.7 Å². The van der Waals surface area contributed by atoms with Gasteiger partial charge in [0.1, 0.15) is 5.76 Å². The van der Waals surface area contributed by atoms with Gasteiger partial charge in [-0.2, -0.15) is 0 Å². The van der Waals surface area contributed by atoms with Crippen LogP contribution in [0.5, 0.6) is 0 Å². The summed E-state index contributed by atoms with van der Waals surface area (Å²) in [5, 5.41) is 0. The van der Waals surface area contributed by atoms with Gasteiger partial charge in [0.15, 0.2) is 0 Å². The molecule has 0 N–H and O–H groups in total. The molecule has 1 unspecified atom stereocenters. The topological polar surface area (TPSA) is 38.4 Å². The Bertz CT molecular complexity index is 612. The zero-order chi connectivity index (χ0) is 13.8. The highest BCUT2D eigenvalue weighted by Crippen LogP contribution is 2.30.